The Morgan fingerprint density at radius 1 is 1.26 bits per heavy atom. The number of benzene rings is 1. The fraction of sp³-hybridized carbons (Fsp3) is 0.600. The predicted octanol–water partition coefficient (Wildman–Crippen LogP) is 2.16. The van der Waals surface area contributed by atoms with Crippen molar-refractivity contribution in [1.29, 1.82) is 0 Å². The first-order valence-electron chi connectivity index (χ1n) is 12.5. The topological polar surface area (TPSA) is 102 Å². The van der Waals surface area contributed by atoms with Gasteiger partial charge in [-0.2, -0.15) is 0 Å². The molecule has 3 N–H and O–H groups in total. The lowest BCUT2D eigenvalue weighted by atomic mass is 10.1. The molecular weight excluding hydrogens is 466 g/mol. The molecule has 1 unspecified atom stereocenters. The van der Waals surface area contributed by atoms with Crippen molar-refractivity contribution < 1.29 is 19.4 Å². The minimum absolute atomic E-state index is 0.173. The fourth-order valence-electron chi connectivity index (χ4n) is 4.99. The summed E-state index contributed by atoms with van der Waals surface area (Å²) in [7, 11) is 1.71. The average molecular weight is 502 g/mol. The number of nitrogens with zero attached hydrogens (tertiary/aromatic N) is 3. The molecule has 1 aromatic carbocycles. The Balaban J connectivity index is 1.23. The Bertz CT molecular complexity index is 1060. The van der Waals surface area contributed by atoms with E-state index in [1.54, 1.807) is 12.0 Å². The smallest absolute Gasteiger partial charge is 0.248 e. The number of fused-ring (bicyclic) bond motifs is 1. The lowest BCUT2D eigenvalue weighted by molar-refractivity contribution is -0.135. The van der Waals surface area contributed by atoms with E-state index in [9.17, 15) is 4.79 Å². The van der Waals surface area contributed by atoms with E-state index in [1.807, 2.05) is 11.8 Å². The van der Waals surface area contributed by atoms with Gasteiger partial charge < -0.3 is 29.8 Å². The number of carbonyl (C=O) groups is 1. The summed E-state index contributed by atoms with van der Waals surface area (Å²) >= 11 is 1.82. The van der Waals surface area contributed by atoms with E-state index in [0.29, 0.717) is 25.2 Å². The van der Waals surface area contributed by atoms with Gasteiger partial charge in [-0.3, -0.25) is 14.7 Å². The molecule has 5 rings (SSSR count). The van der Waals surface area contributed by atoms with Crippen LogP contribution in [0.5, 0.6) is 5.75 Å². The van der Waals surface area contributed by atoms with Crippen molar-refractivity contribution in [2.75, 3.05) is 70.7 Å². The number of aromatic amines is 1. The van der Waals surface area contributed by atoms with E-state index in [2.05, 4.69) is 33.4 Å². The highest BCUT2D eigenvalue weighted by atomic mass is 32.2. The van der Waals surface area contributed by atoms with Crippen LogP contribution in [0.4, 0.5) is 5.69 Å². The number of carbonyl (C=O) groups excluding carboxylic acids is 1. The van der Waals surface area contributed by atoms with Crippen LogP contribution in [0.15, 0.2) is 23.2 Å². The maximum atomic E-state index is 11.7. The summed E-state index contributed by atoms with van der Waals surface area (Å²) < 4.78 is 11.1. The molecule has 0 radical (unpaired) electrons. The largest absolute Gasteiger partial charge is 0.497 e. The summed E-state index contributed by atoms with van der Waals surface area (Å²) in [6.07, 6.45) is 3.02. The van der Waals surface area contributed by atoms with Crippen molar-refractivity contribution in [2.24, 2.45) is 4.99 Å². The number of ether oxygens (including phenoxy) is 2. The molecule has 0 aliphatic carbocycles. The van der Waals surface area contributed by atoms with Gasteiger partial charge in [-0.15, -0.1) is 11.8 Å². The number of aliphatic hydroxyl groups excluding tert-OH is 1. The highest BCUT2D eigenvalue weighted by molar-refractivity contribution is 8.14. The third-order valence-corrected chi connectivity index (χ3v) is 8.25. The molecule has 0 bridgehead atoms. The number of aliphatic hydroxyl groups is 1. The molecule has 0 spiro atoms. The van der Waals surface area contributed by atoms with Crippen LogP contribution in [0, 0.1) is 0 Å². The number of thioether (sulfide) groups is 1. The zero-order chi connectivity index (χ0) is 24.2. The first-order chi connectivity index (χ1) is 17.1. The normalized spacial score (nSPS) is 21.9. The number of anilines is 1. The second kappa shape index (κ2) is 11.2. The number of amides is 1. The van der Waals surface area contributed by atoms with Gasteiger partial charge in [0.25, 0.3) is 0 Å². The van der Waals surface area contributed by atoms with Crippen molar-refractivity contribution >= 4 is 39.3 Å². The molecule has 35 heavy (non-hydrogen) atoms. The number of nitrogens with one attached hydrogen (secondary N) is 2. The average Bonchev–Trinajstić information content (AvgIpc) is 3.55. The number of H-pyrrole nitrogens is 1. The van der Waals surface area contributed by atoms with E-state index in [-0.39, 0.29) is 5.91 Å². The summed E-state index contributed by atoms with van der Waals surface area (Å²) in [5.74, 6) is 1.66. The second-order valence-electron chi connectivity index (χ2n) is 9.42. The molecule has 1 aromatic heterocycles. The predicted molar refractivity (Wildman–Crippen MR) is 140 cm³/mol. The van der Waals surface area contributed by atoms with Gasteiger partial charge in [0.15, 0.2) is 0 Å². The maximum Gasteiger partial charge on any atom is 0.248 e. The van der Waals surface area contributed by atoms with Gasteiger partial charge in [0.1, 0.15) is 17.4 Å². The number of rotatable bonds is 8. The van der Waals surface area contributed by atoms with Crippen LogP contribution in [0.2, 0.25) is 0 Å². The van der Waals surface area contributed by atoms with Crippen LogP contribution >= 0.6 is 11.8 Å². The Morgan fingerprint density at radius 3 is 2.80 bits per heavy atom. The molecule has 2 saturated heterocycles. The summed E-state index contributed by atoms with van der Waals surface area (Å²) in [5.41, 5.74) is 3.22. The highest BCUT2D eigenvalue weighted by Crippen LogP contribution is 2.33. The van der Waals surface area contributed by atoms with Gasteiger partial charge in [-0.25, -0.2) is 0 Å². The molecule has 3 aliphatic heterocycles. The van der Waals surface area contributed by atoms with E-state index in [1.165, 1.54) is 0 Å². The van der Waals surface area contributed by atoms with Crippen LogP contribution in [-0.2, 0) is 9.53 Å². The molecule has 1 atom stereocenters. The molecule has 190 valence electrons. The summed E-state index contributed by atoms with van der Waals surface area (Å²) in [6.45, 7) is 5.27. The standard InChI is InChI=1S/C25H35N5O4S/c1-33-20-12-17-13-22(28-24(17)21(14-20)26-18-3-10-34-11-4-18)25-27-19(16-35-25)2-5-29-6-8-30(9-7-29)23(32)15-31/h12-14,18-19,26,28,31H,2-11,15-16H2,1H3. The van der Waals surface area contributed by atoms with Gasteiger partial charge in [0.05, 0.1) is 30.0 Å². The van der Waals surface area contributed by atoms with Gasteiger partial charge in [-0.1, -0.05) is 0 Å². The van der Waals surface area contributed by atoms with Gasteiger partial charge in [-0.05, 0) is 31.4 Å². The van der Waals surface area contributed by atoms with Crippen LogP contribution in [0.1, 0.15) is 25.0 Å². The van der Waals surface area contributed by atoms with Crippen molar-refractivity contribution in [3.8, 4) is 5.75 Å². The molecule has 4 heterocycles. The van der Waals surface area contributed by atoms with Crippen molar-refractivity contribution in [3.05, 3.63) is 23.9 Å². The van der Waals surface area contributed by atoms with Crippen molar-refractivity contribution in [1.82, 2.24) is 14.8 Å². The number of piperazine rings is 1. The SMILES string of the molecule is COc1cc(NC2CCOCC2)c2[nH]c(C3=NC(CCN4CCN(C(=O)CO)CC4)CS3)cc2c1. The lowest BCUT2D eigenvalue weighted by Gasteiger charge is -2.34. The third kappa shape index (κ3) is 5.77. The first-order valence-corrected chi connectivity index (χ1v) is 13.5. The van der Waals surface area contributed by atoms with Crippen LogP contribution < -0.4 is 10.1 Å². The summed E-state index contributed by atoms with van der Waals surface area (Å²) in [6, 6.07) is 7.02. The highest BCUT2D eigenvalue weighted by Gasteiger charge is 2.25. The number of methoxy groups -OCH3 is 1. The molecule has 2 fully saturated rings. The third-order valence-electron chi connectivity index (χ3n) is 7.10. The molecule has 2 aromatic rings. The van der Waals surface area contributed by atoms with Crippen molar-refractivity contribution in [2.45, 2.75) is 31.3 Å². The number of hydrogen-bond donors (Lipinski definition) is 3. The molecule has 3 aliphatic rings. The monoisotopic (exact) mass is 501 g/mol. The Labute approximate surface area is 210 Å². The minimum atomic E-state index is -0.398. The van der Waals surface area contributed by atoms with E-state index < -0.39 is 6.61 Å². The fourth-order valence-corrected chi connectivity index (χ4v) is 6.07. The molecule has 10 heteroatoms. The zero-order valence-electron chi connectivity index (χ0n) is 20.3. The summed E-state index contributed by atoms with van der Waals surface area (Å²) in [4.78, 5) is 24.4. The molecule has 1 amide bonds. The van der Waals surface area contributed by atoms with Gasteiger partial charge in [0, 0.05) is 69.2 Å². The number of hydrogen-bond acceptors (Lipinski definition) is 8. The molecule has 9 nitrogen and oxygen atoms in total. The van der Waals surface area contributed by atoms with E-state index >= 15 is 0 Å². The van der Waals surface area contributed by atoms with Gasteiger partial charge >= 0.3 is 0 Å². The number of aliphatic imine (C=N–C) groups is 1. The Kier molecular flexibility index (Phi) is 7.81. The zero-order valence-corrected chi connectivity index (χ0v) is 21.1. The van der Waals surface area contributed by atoms with Crippen LogP contribution in [0.25, 0.3) is 10.9 Å². The second-order valence-corrected chi connectivity index (χ2v) is 10.4. The quantitative estimate of drug-likeness (QED) is 0.509. The summed E-state index contributed by atoms with van der Waals surface area (Å²) in [5, 5.41) is 14.9. The van der Waals surface area contributed by atoms with Crippen molar-refractivity contribution in [3.63, 3.8) is 0 Å². The Morgan fingerprint density at radius 2 is 2.06 bits per heavy atom. The molecular formula is C25H35N5O4S. The Hall–Kier alpha value is -2.27. The maximum absolute atomic E-state index is 11.7. The van der Waals surface area contributed by atoms with Crippen LogP contribution in [-0.4, -0.2) is 108 Å². The minimum Gasteiger partial charge on any atom is -0.497 e. The number of aromatic nitrogens is 1. The lowest BCUT2D eigenvalue weighted by Crippen LogP contribution is -2.49. The first kappa shape index (κ1) is 24.4. The van der Waals surface area contributed by atoms with Gasteiger partial charge in [0.2, 0.25) is 5.91 Å². The van der Waals surface area contributed by atoms with E-state index in [0.717, 1.165) is 90.9 Å². The van der Waals surface area contributed by atoms with E-state index in [4.69, 9.17) is 19.6 Å². The molecule has 0 saturated carbocycles. The van der Waals surface area contributed by atoms with Crippen LogP contribution in [0.3, 0.4) is 0 Å².